The van der Waals surface area contributed by atoms with Crippen LogP contribution >= 0.6 is 0 Å². The van der Waals surface area contributed by atoms with Gasteiger partial charge in [-0.15, -0.1) is 0 Å². The van der Waals surface area contributed by atoms with Crippen molar-refractivity contribution in [2.75, 3.05) is 26.7 Å². The molecule has 1 aromatic rings. The molecule has 4 nitrogen and oxygen atoms in total. The number of methoxy groups -OCH3 is 1. The number of rotatable bonds is 5. The molecule has 0 saturated carbocycles. The lowest BCUT2D eigenvalue weighted by Gasteiger charge is -2.38. The molecule has 5 heteroatoms. The van der Waals surface area contributed by atoms with E-state index in [-0.39, 0.29) is 17.7 Å². The number of nitrogens with zero attached hydrogens (tertiary/aromatic N) is 1. The standard InChI is InChI=1S/C14H19FN2O2/c1-3-6-17(11-8-16-9-11)14(18)10-4-5-12(15)13(7-10)19-2/h4-5,7,11,16H,3,6,8-9H2,1-2H3. The molecular weight excluding hydrogens is 247 g/mol. The number of nitrogens with one attached hydrogen (secondary N) is 1. The van der Waals surface area contributed by atoms with Gasteiger partial charge in [-0.25, -0.2) is 4.39 Å². The minimum atomic E-state index is -0.452. The highest BCUT2D eigenvalue weighted by Crippen LogP contribution is 2.20. The monoisotopic (exact) mass is 266 g/mol. The number of hydrogen-bond donors (Lipinski definition) is 1. The smallest absolute Gasteiger partial charge is 0.254 e. The number of ether oxygens (including phenoxy) is 1. The fourth-order valence-electron chi connectivity index (χ4n) is 2.14. The van der Waals surface area contributed by atoms with Crippen LogP contribution in [0.15, 0.2) is 18.2 Å². The van der Waals surface area contributed by atoms with E-state index in [0.717, 1.165) is 19.5 Å². The summed E-state index contributed by atoms with van der Waals surface area (Å²) in [5.74, 6) is -0.410. The van der Waals surface area contributed by atoms with Gasteiger partial charge in [-0.2, -0.15) is 0 Å². The van der Waals surface area contributed by atoms with Crippen molar-refractivity contribution in [3.63, 3.8) is 0 Å². The number of halogens is 1. The minimum absolute atomic E-state index is 0.0633. The second-order valence-electron chi connectivity index (χ2n) is 4.66. The molecule has 1 aromatic carbocycles. The topological polar surface area (TPSA) is 41.6 Å². The van der Waals surface area contributed by atoms with Crippen LogP contribution in [0.25, 0.3) is 0 Å². The van der Waals surface area contributed by atoms with Gasteiger partial charge in [0.05, 0.1) is 13.2 Å². The van der Waals surface area contributed by atoms with Gasteiger partial charge >= 0.3 is 0 Å². The Morgan fingerprint density at radius 2 is 2.26 bits per heavy atom. The van der Waals surface area contributed by atoms with E-state index in [1.54, 1.807) is 0 Å². The summed E-state index contributed by atoms with van der Waals surface area (Å²) in [6, 6.07) is 4.49. The van der Waals surface area contributed by atoms with Gasteiger partial charge in [-0.3, -0.25) is 4.79 Å². The summed E-state index contributed by atoms with van der Waals surface area (Å²) in [5.41, 5.74) is 0.471. The molecule has 1 aliphatic heterocycles. The molecule has 1 amide bonds. The average molecular weight is 266 g/mol. The lowest BCUT2D eigenvalue weighted by atomic mass is 10.1. The van der Waals surface area contributed by atoms with Crippen LogP contribution in [0.2, 0.25) is 0 Å². The van der Waals surface area contributed by atoms with Crippen LogP contribution in [0.5, 0.6) is 5.75 Å². The van der Waals surface area contributed by atoms with Crippen LogP contribution in [0.3, 0.4) is 0 Å². The summed E-state index contributed by atoms with van der Waals surface area (Å²) < 4.78 is 18.3. The number of carbonyl (C=O) groups excluding carboxylic acids is 1. The first-order chi connectivity index (χ1) is 9.17. The summed E-state index contributed by atoms with van der Waals surface area (Å²) in [4.78, 5) is 14.3. The number of amides is 1. The van der Waals surface area contributed by atoms with E-state index >= 15 is 0 Å². The highest BCUT2D eigenvalue weighted by molar-refractivity contribution is 5.95. The maximum absolute atomic E-state index is 13.4. The first-order valence-electron chi connectivity index (χ1n) is 6.52. The Bertz CT molecular complexity index is 461. The maximum atomic E-state index is 13.4. The van der Waals surface area contributed by atoms with Gasteiger partial charge in [0.2, 0.25) is 0 Å². The molecule has 0 radical (unpaired) electrons. The predicted molar refractivity (Wildman–Crippen MR) is 70.9 cm³/mol. The zero-order valence-electron chi connectivity index (χ0n) is 11.3. The maximum Gasteiger partial charge on any atom is 0.254 e. The van der Waals surface area contributed by atoms with Crippen LogP contribution in [0, 0.1) is 5.82 Å². The molecule has 1 aliphatic rings. The molecule has 0 aromatic heterocycles. The number of benzene rings is 1. The predicted octanol–water partition coefficient (Wildman–Crippen LogP) is 1.66. The second-order valence-corrected chi connectivity index (χ2v) is 4.66. The van der Waals surface area contributed by atoms with E-state index in [1.165, 1.54) is 25.3 Å². The van der Waals surface area contributed by atoms with Gasteiger partial charge in [0.1, 0.15) is 0 Å². The number of carbonyl (C=O) groups is 1. The normalized spacial score (nSPS) is 14.9. The Kier molecular flexibility index (Phi) is 4.37. The third-order valence-electron chi connectivity index (χ3n) is 3.32. The molecule has 1 N–H and O–H groups in total. The third-order valence-corrected chi connectivity index (χ3v) is 3.32. The zero-order valence-corrected chi connectivity index (χ0v) is 11.3. The Hall–Kier alpha value is -1.62. The Morgan fingerprint density at radius 1 is 1.53 bits per heavy atom. The molecule has 1 saturated heterocycles. The molecule has 1 heterocycles. The van der Waals surface area contributed by atoms with E-state index in [0.29, 0.717) is 12.1 Å². The van der Waals surface area contributed by atoms with Crippen molar-refractivity contribution in [2.45, 2.75) is 19.4 Å². The van der Waals surface area contributed by atoms with Crippen molar-refractivity contribution < 1.29 is 13.9 Å². The Morgan fingerprint density at radius 3 is 2.79 bits per heavy atom. The molecule has 0 spiro atoms. The van der Waals surface area contributed by atoms with Gasteiger partial charge in [0.25, 0.3) is 5.91 Å². The van der Waals surface area contributed by atoms with E-state index < -0.39 is 5.82 Å². The van der Waals surface area contributed by atoms with Gasteiger partial charge in [0, 0.05) is 25.2 Å². The van der Waals surface area contributed by atoms with Crippen molar-refractivity contribution in [2.24, 2.45) is 0 Å². The summed E-state index contributed by atoms with van der Waals surface area (Å²) in [7, 11) is 1.40. The van der Waals surface area contributed by atoms with Crippen LogP contribution in [-0.2, 0) is 0 Å². The molecule has 104 valence electrons. The summed E-state index contributed by atoms with van der Waals surface area (Å²) in [6.07, 6.45) is 0.903. The Balaban J connectivity index is 2.20. The summed E-state index contributed by atoms with van der Waals surface area (Å²) in [6.45, 7) is 4.40. The van der Waals surface area contributed by atoms with Gasteiger partial charge < -0.3 is 15.0 Å². The average Bonchev–Trinajstić information content (AvgIpc) is 2.36. The minimum Gasteiger partial charge on any atom is -0.494 e. The van der Waals surface area contributed by atoms with Crippen molar-refractivity contribution in [3.05, 3.63) is 29.6 Å². The molecule has 0 atom stereocenters. The van der Waals surface area contributed by atoms with E-state index in [9.17, 15) is 9.18 Å². The van der Waals surface area contributed by atoms with Crippen LogP contribution in [0.1, 0.15) is 23.7 Å². The van der Waals surface area contributed by atoms with Crippen LogP contribution < -0.4 is 10.1 Å². The Labute approximate surface area is 112 Å². The number of hydrogen-bond acceptors (Lipinski definition) is 3. The first-order valence-corrected chi connectivity index (χ1v) is 6.52. The quantitative estimate of drug-likeness (QED) is 0.881. The first kappa shape index (κ1) is 13.8. The SMILES string of the molecule is CCCN(C(=O)c1ccc(F)c(OC)c1)C1CNC1. The lowest BCUT2D eigenvalue weighted by Crippen LogP contribution is -2.59. The van der Waals surface area contributed by atoms with Gasteiger partial charge in [-0.05, 0) is 24.6 Å². The van der Waals surface area contributed by atoms with Gasteiger partial charge in [-0.1, -0.05) is 6.92 Å². The third kappa shape index (κ3) is 2.87. The van der Waals surface area contributed by atoms with E-state index in [1.807, 2.05) is 11.8 Å². The molecule has 0 bridgehead atoms. The molecule has 2 rings (SSSR count). The zero-order chi connectivity index (χ0) is 13.8. The molecule has 0 aliphatic carbocycles. The largest absolute Gasteiger partial charge is 0.494 e. The summed E-state index contributed by atoms with van der Waals surface area (Å²) in [5, 5.41) is 3.16. The van der Waals surface area contributed by atoms with Crippen LogP contribution in [-0.4, -0.2) is 43.6 Å². The fourth-order valence-corrected chi connectivity index (χ4v) is 2.14. The van der Waals surface area contributed by atoms with Crippen molar-refractivity contribution in [3.8, 4) is 5.75 Å². The van der Waals surface area contributed by atoms with E-state index in [4.69, 9.17) is 4.74 Å². The van der Waals surface area contributed by atoms with Crippen molar-refractivity contribution in [1.82, 2.24) is 10.2 Å². The van der Waals surface area contributed by atoms with Crippen LogP contribution in [0.4, 0.5) is 4.39 Å². The van der Waals surface area contributed by atoms with Crippen molar-refractivity contribution in [1.29, 1.82) is 0 Å². The van der Waals surface area contributed by atoms with Crippen molar-refractivity contribution >= 4 is 5.91 Å². The molecular formula is C14H19FN2O2. The fraction of sp³-hybridized carbons (Fsp3) is 0.500. The lowest BCUT2D eigenvalue weighted by molar-refractivity contribution is 0.0615. The second kappa shape index (κ2) is 6.02. The molecule has 0 unspecified atom stereocenters. The molecule has 1 fully saturated rings. The van der Waals surface area contributed by atoms with E-state index in [2.05, 4.69) is 5.32 Å². The highest BCUT2D eigenvalue weighted by atomic mass is 19.1. The molecule has 19 heavy (non-hydrogen) atoms. The summed E-state index contributed by atoms with van der Waals surface area (Å²) >= 11 is 0. The van der Waals surface area contributed by atoms with Gasteiger partial charge in [0.15, 0.2) is 11.6 Å². The highest BCUT2D eigenvalue weighted by Gasteiger charge is 2.28.